The third kappa shape index (κ3) is 1.51. The lowest BCUT2D eigenvalue weighted by Gasteiger charge is -2.21. The summed E-state index contributed by atoms with van der Waals surface area (Å²) in [6.07, 6.45) is 3.87. The first-order chi connectivity index (χ1) is 6.63. The quantitative estimate of drug-likeness (QED) is 0.760. The molecule has 0 bridgehead atoms. The number of carbonyl (C=O) groups excluding carboxylic acids is 1. The van der Waals surface area contributed by atoms with E-state index in [4.69, 9.17) is 5.73 Å². The van der Waals surface area contributed by atoms with Crippen molar-refractivity contribution in [3.63, 3.8) is 0 Å². The number of hydrogen-bond donors (Lipinski definition) is 1. The van der Waals surface area contributed by atoms with Crippen LogP contribution in [-0.2, 0) is 0 Å². The maximum atomic E-state index is 12.1. The SMILES string of the molecule is Cc1sccc1C(=O)C1(N)CCCC1. The summed E-state index contributed by atoms with van der Waals surface area (Å²) in [4.78, 5) is 13.2. The Morgan fingerprint density at radius 1 is 1.50 bits per heavy atom. The van der Waals surface area contributed by atoms with Crippen LogP contribution in [0.25, 0.3) is 0 Å². The third-order valence-corrected chi connectivity index (χ3v) is 3.90. The Labute approximate surface area is 88.1 Å². The number of aryl methyl sites for hydroxylation is 1. The highest BCUT2D eigenvalue weighted by Gasteiger charge is 2.38. The van der Waals surface area contributed by atoms with Crippen LogP contribution in [0.4, 0.5) is 0 Å². The molecule has 0 aliphatic heterocycles. The zero-order valence-corrected chi connectivity index (χ0v) is 9.19. The Bertz CT molecular complexity index is 350. The fourth-order valence-electron chi connectivity index (χ4n) is 2.12. The number of rotatable bonds is 2. The molecule has 0 saturated heterocycles. The second-order valence-electron chi connectivity index (χ2n) is 4.08. The average molecular weight is 209 g/mol. The second kappa shape index (κ2) is 3.48. The first-order valence-electron chi connectivity index (χ1n) is 5.01. The molecule has 1 saturated carbocycles. The molecule has 2 nitrogen and oxygen atoms in total. The number of hydrogen-bond acceptors (Lipinski definition) is 3. The smallest absolute Gasteiger partial charge is 0.183 e. The molecular formula is C11H15NOS. The van der Waals surface area contributed by atoms with Crippen LogP contribution in [0.15, 0.2) is 11.4 Å². The molecule has 0 spiro atoms. The molecule has 0 aromatic carbocycles. The van der Waals surface area contributed by atoms with Gasteiger partial charge in [-0.1, -0.05) is 12.8 Å². The summed E-state index contributed by atoms with van der Waals surface area (Å²) in [5.41, 5.74) is 6.39. The fourth-order valence-corrected chi connectivity index (χ4v) is 2.82. The average Bonchev–Trinajstić information content (AvgIpc) is 2.74. The van der Waals surface area contributed by atoms with Crippen molar-refractivity contribution in [3.8, 4) is 0 Å². The highest BCUT2D eigenvalue weighted by Crippen LogP contribution is 2.32. The summed E-state index contributed by atoms with van der Waals surface area (Å²) in [6.45, 7) is 1.98. The van der Waals surface area contributed by atoms with E-state index in [-0.39, 0.29) is 5.78 Å². The minimum absolute atomic E-state index is 0.147. The molecular weight excluding hydrogens is 194 g/mol. The first kappa shape index (κ1) is 9.87. The van der Waals surface area contributed by atoms with Crippen molar-refractivity contribution in [2.45, 2.75) is 38.1 Å². The molecule has 0 amide bonds. The van der Waals surface area contributed by atoms with Crippen LogP contribution < -0.4 is 5.73 Å². The van der Waals surface area contributed by atoms with Crippen molar-refractivity contribution in [3.05, 3.63) is 21.9 Å². The molecule has 0 radical (unpaired) electrons. The lowest BCUT2D eigenvalue weighted by molar-refractivity contribution is 0.0892. The van der Waals surface area contributed by atoms with Crippen LogP contribution in [0.3, 0.4) is 0 Å². The van der Waals surface area contributed by atoms with E-state index in [1.165, 1.54) is 0 Å². The minimum Gasteiger partial charge on any atom is -0.319 e. The van der Waals surface area contributed by atoms with Gasteiger partial charge in [-0.05, 0) is 31.2 Å². The topological polar surface area (TPSA) is 43.1 Å². The molecule has 0 atom stereocenters. The van der Waals surface area contributed by atoms with Gasteiger partial charge in [0.25, 0.3) is 0 Å². The van der Waals surface area contributed by atoms with Crippen molar-refractivity contribution < 1.29 is 4.79 Å². The predicted octanol–water partition coefficient (Wildman–Crippen LogP) is 2.51. The van der Waals surface area contributed by atoms with Crippen molar-refractivity contribution >= 4 is 17.1 Å². The van der Waals surface area contributed by atoms with E-state index in [0.717, 1.165) is 36.1 Å². The molecule has 1 fully saturated rings. The normalized spacial score (nSPS) is 19.9. The highest BCUT2D eigenvalue weighted by molar-refractivity contribution is 7.10. The zero-order chi connectivity index (χ0) is 10.2. The van der Waals surface area contributed by atoms with Gasteiger partial charge in [0.15, 0.2) is 5.78 Å². The number of carbonyl (C=O) groups is 1. The van der Waals surface area contributed by atoms with E-state index in [1.807, 2.05) is 18.4 Å². The molecule has 1 aliphatic rings. The van der Waals surface area contributed by atoms with Gasteiger partial charge in [0.05, 0.1) is 5.54 Å². The van der Waals surface area contributed by atoms with Crippen LogP contribution in [-0.4, -0.2) is 11.3 Å². The molecule has 2 rings (SSSR count). The van der Waals surface area contributed by atoms with Crippen LogP contribution in [0.5, 0.6) is 0 Å². The molecule has 14 heavy (non-hydrogen) atoms. The Hall–Kier alpha value is -0.670. The van der Waals surface area contributed by atoms with Crippen molar-refractivity contribution in [2.75, 3.05) is 0 Å². The van der Waals surface area contributed by atoms with E-state index >= 15 is 0 Å². The monoisotopic (exact) mass is 209 g/mol. The van der Waals surface area contributed by atoms with Gasteiger partial charge in [0.1, 0.15) is 0 Å². The maximum Gasteiger partial charge on any atom is 0.183 e. The van der Waals surface area contributed by atoms with Crippen molar-refractivity contribution in [1.82, 2.24) is 0 Å². The minimum atomic E-state index is -0.564. The first-order valence-corrected chi connectivity index (χ1v) is 5.89. The molecule has 1 aliphatic carbocycles. The van der Waals surface area contributed by atoms with Crippen LogP contribution in [0, 0.1) is 6.92 Å². The van der Waals surface area contributed by atoms with Crippen molar-refractivity contribution in [1.29, 1.82) is 0 Å². The molecule has 1 heterocycles. The van der Waals surface area contributed by atoms with Gasteiger partial charge in [-0.15, -0.1) is 11.3 Å². The summed E-state index contributed by atoms with van der Waals surface area (Å²) >= 11 is 1.61. The standard InChI is InChI=1S/C11H15NOS/c1-8-9(4-7-14-8)10(13)11(12)5-2-3-6-11/h4,7H,2-3,5-6,12H2,1H3. The number of thiophene rings is 1. The van der Waals surface area contributed by atoms with E-state index in [1.54, 1.807) is 11.3 Å². The molecule has 0 unspecified atom stereocenters. The van der Waals surface area contributed by atoms with Gasteiger partial charge in [0, 0.05) is 10.4 Å². The number of nitrogens with two attached hydrogens (primary N) is 1. The Kier molecular flexibility index (Phi) is 2.45. The second-order valence-corrected chi connectivity index (χ2v) is 5.20. The zero-order valence-electron chi connectivity index (χ0n) is 8.38. The van der Waals surface area contributed by atoms with Crippen LogP contribution >= 0.6 is 11.3 Å². The molecule has 1 aromatic heterocycles. The Balaban J connectivity index is 2.28. The van der Waals surface area contributed by atoms with E-state index < -0.39 is 5.54 Å². The van der Waals surface area contributed by atoms with Gasteiger partial charge in [-0.2, -0.15) is 0 Å². The van der Waals surface area contributed by atoms with Gasteiger partial charge in [0.2, 0.25) is 0 Å². The fraction of sp³-hybridized carbons (Fsp3) is 0.545. The number of ketones is 1. The van der Waals surface area contributed by atoms with E-state index in [2.05, 4.69) is 0 Å². The largest absolute Gasteiger partial charge is 0.319 e. The summed E-state index contributed by atoms with van der Waals surface area (Å²) in [6, 6.07) is 1.90. The van der Waals surface area contributed by atoms with Crippen molar-refractivity contribution in [2.24, 2.45) is 5.73 Å². The summed E-state index contributed by atoms with van der Waals surface area (Å²) < 4.78 is 0. The van der Waals surface area contributed by atoms with Gasteiger partial charge >= 0.3 is 0 Å². The van der Waals surface area contributed by atoms with Crippen LogP contribution in [0.1, 0.15) is 40.9 Å². The lowest BCUT2D eigenvalue weighted by Crippen LogP contribution is -2.45. The lowest BCUT2D eigenvalue weighted by atomic mass is 9.89. The summed E-state index contributed by atoms with van der Waals surface area (Å²) in [7, 11) is 0. The Morgan fingerprint density at radius 2 is 2.14 bits per heavy atom. The van der Waals surface area contributed by atoms with Gasteiger partial charge < -0.3 is 5.73 Å². The summed E-state index contributed by atoms with van der Waals surface area (Å²) in [5.74, 6) is 0.147. The number of Topliss-reactive ketones (excluding diaryl/α,β-unsaturated/α-hetero) is 1. The molecule has 1 aromatic rings. The highest BCUT2D eigenvalue weighted by atomic mass is 32.1. The molecule has 76 valence electrons. The Morgan fingerprint density at radius 3 is 2.64 bits per heavy atom. The summed E-state index contributed by atoms with van der Waals surface area (Å²) in [5, 5.41) is 1.96. The molecule has 2 N–H and O–H groups in total. The van der Waals surface area contributed by atoms with Gasteiger partial charge in [-0.25, -0.2) is 0 Å². The van der Waals surface area contributed by atoms with E-state index in [9.17, 15) is 4.79 Å². The molecule has 3 heteroatoms. The third-order valence-electron chi connectivity index (χ3n) is 3.05. The maximum absolute atomic E-state index is 12.1. The van der Waals surface area contributed by atoms with Crippen LogP contribution in [0.2, 0.25) is 0 Å². The van der Waals surface area contributed by atoms with E-state index in [0.29, 0.717) is 0 Å². The van der Waals surface area contributed by atoms with Gasteiger partial charge in [-0.3, -0.25) is 4.79 Å². The predicted molar refractivity (Wildman–Crippen MR) is 58.8 cm³/mol.